The first kappa shape index (κ1) is 13.5. The highest BCUT2D eigenvalue weighted by Gasteiger charge is 2.07. The molecule has 17 heavy (non-hydrogen) atoms. The molecule has 0 N–H and O–H groups in total. The highest BCUT2D eigenvalue weighted by atomic mass is 16.5. The third kappa shape index (κ3) is 4.08. The van der Waals surface area contributed by atoms with Crippen LogP contribution in [-0.2, 0) is 13.0 Å². The Morgan fingerprint density at radius 1 is 1.41 bits per heavy atom. The Balaban J connectivity index is 2.77. The van der Waals surface area contributed by atoms with Crippen molar-refractivity contribution in [2.24, 2.45) is 0 Å². The van der Waals surface area contributed by atoms with Crippen LogP contribution in [0.1, 0.15) is 24.5 Å². The molecule has 0 aromatic heterocycles. The molecule has 1 rings (SSSR count). The Hall–Kier alpha value is -1.53. The van der Waals surface area contributed by atoms with E-state index in [4.69, 9.17) is 10.00 Å². The van der Waals surface area contributed by atoms with Gasteiger partial charge in [0.05, 0.1) is 13.2 Å². The molecule has 0 bridgehead atoms. The Labute approximate surface area is 104 Å². The number of benzene rings is 1. The largest absolute Gasteiger partial charge is 0.496 e. The lowest BCUT2D eigenvalue weighted by Crippen LogP contribution is -2.19. The average Bonchev–Trinajstić information content (AvgIpc) is 2.36. The van der Waals surface area contributed by atoms with E-state index in [1.54, 1.807) is 7.11 Å². The lowest BCUT2D eigenvalue weighted by molar-refractivity contribution is 0.324. The number of nitrogens with zero attached hydrogens (tertiary/aromatic N) is 2. The second kappa shape index (κ2) is 6.93. The fourth-order valence-electron chi connectivity index (χ4n) is 1.79. The van der Waals surface area contributed by atoms with Crippen molar-refractivity contribution in [2.45, 2.75) is 26.3 Å². The fraction of sp³-hybridized carbons (Fsp3) is 0.500. The highest BCUT2D eigenvalue weighted by molar-refractivity contribution is 5.37. The van der Waals surface area contributed by atoms with E-state index in [1.165, 1.54) is 11.1 Å². The topological polar surface area (TPSA) is 36.3 Å². The van der Waals surface area contributed by atoms with Crippen molar-refractivity contribution in [3.8, 4) is 11.8 Å². The van der Waals surface area contributed by atoms with Gasteiger partial charge in [-0.2, -0.15) is 5.26 Å². The molecule has 1 aromatic carbocycles. The first-order valence-electron chi connectivity index (χ1n) is 5.92. The van der Waals surface area contributed by atoms with E-state index in [0.717, 1.165) is 25.3 Å². The summed E-state index contributed by atoms with van der Waals surface area (Å²) in [6.07, 6.45) is 1.59. The molecule has 0 aliphatic carbocycles. The van der Waals surface area contributed by atoms with E-state index in [1.807, 2.05) is 13.1 Å². The average molecular weight is 232 g/mol. The summed E-state index contributed by atoms with van der Waals surface area (Å²) in [6, 6.07) is 8.46. The molecule has 0 saturated heterocycles. The molecule has 0 aliphatic heterocycles. The number of methoxy groups -OCH3 is 1. The summed E-state index contributed by atoms with van der Waals surface area (Å²) in [5.41, 5.74) is 2.50. The smallest absolute Gasteiger partial charge is 0.123 e. The Morgan fingerprint density at radius 2 is 2.18 bits per heavy atom. The van der Waals surface area contributed by atoms with Gasteiger partial charge in [0.25, 0.3) is 0 Å². The second-order valence-electron chi connectivity index (χ2n) is 4.15. The molecule has 0 radical (unpaired) electrons. The van der Waals surface area contributed by atoms with Crippen LogP contribution in [0.5, 0.6) is 5.75 Å². The Kier molecular flexibility index (Phi) is 5.51. The first-order chi connectivity index (χ1) is 8.21. The van der Waals surface area contributed by atoms with Crippen LogP contribution < -0.4 is 4.74 Å². The molecule has 3 nitrogen and oxygen atoms in total. The van der Waals surface area contributed by atoms with E-state index in [-0.39, 0.29) is 0 Å². The highest BCUT2D eigenvalue weighted by Crippen LogP contribution is 2.21. The van der Waals surface area contributed by atoms with Gasteiger partial charge in [0.2, 0.25) is 0 Å². The number of ether oxygens (including phenoxy) is 1. The molecule has 0 saturated carbocycles. The lowest BCUT2D eigenvalue weighted by Gasteiger charge is -2.17. The summed E-state index contributed by atoms with van der Waals surface area (Å²) in [7, 11) is 3.72. The lowest BCUT2D eigenvalue weighted by atomic mass is 10.1. The van der Waals surface area contributed by atoms with Gasteiger partial charge in [-0.25, -0.2) is 0 Å². The number of hydrogen-bond acceptors (Lipinski definition) is 3. The molecular formula is C14H20N2O. The number of rotatable bonds is 6. The standard InChI is InChI=1S/C14H20N2O/c1-4-12-6-7-14(17-3)13(10-12)11-16(2)9-5-8-15/h6-7,10H,4-5,9,11H2,1-3H3. The van der Waals surface area contributed by atoms with Crippen LogP contribution >= 0.6 is 0 Å². The van der Waals surface area contributed by atoms with Crippen LogP contribution in [-0.4, -0.2) is 25.6 Å². The summed E-state index contributed by atoms with van der Waals surface area (Å²) in [6.45, 7) is 3.75. The van der Waals surface area contributed by atoms with Crippen molar-refractivity contribution in [2.75, 3.05) is 20.7 Å². The van der Waals surface area contributed by atoms with Gasteiger partial charge in [-0.05, 0) is 25.1 Å². The molecule has 0 atom stereocenters. The molecule has 0 spiro atoms. The normalized spacial score (nSPS) is 10.3. The van der Waals surface area contributed by atoms with Crippen LogP contribution in [0.4, 0.5) is 0 Å². The van der Waals surface area contributed by atoms with Crippen LogP contribution in [0.25, 0.3) is 0 Å². The predicted octanol–water partition coefficient (Wildman–Crippen LogP) is 2.60. The summed E-state index contributed by atoms with van der Waals surface area (Å²) in [5.74, 6) is 0.922. The zero-order valence-electron chi connectivity index (χ0n) is 10.9. The van der Waals surface area contributed by atoms with Crippen molar-refractivity contribution < 1.29 is 4.74 Å². The van der Waals surface area contributed by atoms with E-state index in [0.29, 0.717) is 6.42 Å². The number of hydrogen-bond donors (Lipinski definition) is 0. The number of aryl methyl sites for hydroxylation is 1. The summed E-state index contributed by atoms with van der Waals surface area (Å²) in [5, 5.41) is 8.56. The molecule has 0 amide bonds. The van der Waals surface area contributed by atoms with Crippen molar-refractivity contribution in [1.82, 2.24) is 4.90 Å². The third-order valence-electron chi connectivity index (χ3n) is 2.80. The molecule has 3 heteroatoms. The van der Waals surface area contributed by atoms with Gasteiger partial charge >= 0.3 is 0 Å². The van der Waals surface area contributed by atoms with Crippen molar-refractivity contribution >= 4 is 0 Å². The molecule has 1 aromatic rings. The molecule has 0 heterocycles. The van der Waals surface area contributed by atoms with Gasteiger partial charge in [-0.15, -0.1) is 0 Å². The SMILES string of the molecule is CCc1ccc(OC)c(CN(C)CCC#N)c1. The van der Waals surface area contributed by atoms with Crippen LogP contribution in [0.3, 0.4) is 0 Å². The Morgan fingerprint density at radius 3 is 2.76 bits per heavy atom. The summed E-state index contributed by atoms with van der Waals surface area (Å²) in [4.78, 5) is 2.14. The van der Waals surface area contributed by atoms with Crippen molar-refractivity contribution in [3.05, 3.63) is 29.3 Å². The monoisotopic (exact) mass is 232 g/mol. The van der Waals surface area contributed by atoms with Gasteiger partial charge in [0.1, 0.15) is 5.75 Å². The second-order valence-corrected chi connectivity index (χ2v) is 4.15. The fourth-order valence-corrected chi connectivity index (χ4v) is 1.79. The molecule has 92 valence electrons. The van der Waals surface area contributed by atoms with E-state index >= 15 is 0 Å². The summed E-state index contributed by atoms with van der Waals surface area (Å²) >= 11 is 0. The Bertz CT molecular complexity index is 396. The molecule has 0 fully saturated rings. The van der Waals surface area contributed by atoms with E-state index in [9.17, 15) is 0 Å². The van der Waals surface area contributed by atoms with Gasteiger partial charge < -0.3 is 9.64 Å². The van der Waals surface area contributed by atoms with Crippen LogP contribution in [0.2, 0.25) is 0 Å². The molecule has 0 aliphatic rings. The minimum Gasteiger partial charge on any atom is -0.496 e. The van der Waals surface area contributed by atoms with Crippen LogP contribution in [0.15, 0.2) is 18.2 Å². The summed E-state index contributed by atoms with van der Waals surface area (Å²) < 4.78 is 5.36. The van der Waals surface area contributed by atoms with Gasteiger partial charge in [-0.3, -0.25) is 0 Å². The van der Waals surface area contributed by atoms with E-state index < -0.39 is 0 Å². The maximum absolute atomic E-state index is 8.56. The predicted molar refractivity (Wildman–Crippen MR) is 68.9 cm³/mol. The zero-order valence-corrected chi connectivity index (χ0v) is 10.9. The molecular weight excluding hydrogens is 212 g/mol. The van der Waals surface area contributed by atoms with Gasteiger partial charge in [-0.1, -0.05) is 19.1 Å². The third-order valence-corrected chi connectivity index (χ3v) is 2.80. The molecule has 0 unspecified atom stereocenters. The maximum atomic E-state index is 8.56. The quantitative estimate of drug-likeness (QED) is 0.756. The van der Waals surface area contributed by atoms with E-state index in [2.05, 4.69) is 30.0 Å². The maximum Gasteiger partial charge on any atom is 0.123 e. The minimum atomic E-state index is 0.562. The first-order valence-corrected chi connectivity index (χ1v) is 5.92. The van der Waals surface area contributed by atoms with Crippen LogP contribution in [0, 0.1) is 11.3 Å². The van der Waals surface area contributed by atoms with Crippen molar-refractivity contribution in [3.63, 3.8) is 0 Å². The number of nitriles is 1. The zero-order chi connectivity index (χ0) is 12.7. The van der Waals surface area contributed by atoms with Gasteiger partial charge in [0, 0.05) is 25.1 Å². The minimum absolute atomic E-state index is 0.562. The van der Waals surface area contributed by atoms with Crippen molar-refractivity contribution in [1.29, 1.82) is 5.26 Å². The van der Waals surface area contributed by atoms with Gasteiger partial charge in [0.15, 0.2) is 0 Å².